The predicted molar refractivity (Wildman–Crippen MR) is 72.1 cm³/mol. The summed E-state index contributed by atoms with van der Waals surface area (Å²) in [5, 5.41) is 3.87. The maximum atomic E-state index is 4.76. The first-order chi connectivity index (χ1) is 7.81. The molecular weight excluding hydrogens is 341 g/mol. The van der Waals surface area contributed by atoms with Crippen molar-refractivity contribution in [1.82, 2.24) is 4.98 Å². The van der Waals surface area contributed by atoms with Gasteiger partial charge in [0.15, 0.2) is 0 Å². The Hall–Kier alpha value is -0.680. The molecule has 0 bridgehead atoms. The summed E-state index contributed by atoms with van der Waals surface area (Å²) in [6, 6.07) is 13.0. The molecule has 0 saturated carbocycles. The molecular formula is C14H14INS. The summed E-state index contributed by atoms with van der Waals surface area (Å²) in [4.78, 5) is 4.76. The SMILES string of the molecule is CC[s+]1c(C)nc2c3ccccc3ccc21.[I-]. The molecule has 0 aliphatic heterocycles. The molecule has 0 aliphatic rings. The van der Waals surface area contributed by atoms with Gasteiger partial charge in [0.1, 0.15) is 11.3 Å². The van der Waals surface area contributed by atoms with Crippen LogP contribution in [0.3, 0.4) is 0 Å². The Morgan fingerprint density at radius 2 is 1.88 bits per heavy atom. The third-order valence-corrected chi connectivity index (χ3v) is 5.29. The van der Waals surface area contributed by atoms with E-state index in [2.05, 4.69) is 50.2 Å². The Bertz CT molecular complexity index is 672. The highest BCUT2D eigenvalue weighted by atomic mass is 127. The number of fused-ring (bicyclic) bond motifs is 3. The van der Waals surface area contributed by atoms with Crippen molar-refractivity contribution in [3.05, 3.63) is 41.4 Å². The Labute approximate surface area is 121 Å². The van der Waals surface area contributed by atoms with Gasteiger partial charge in [0.05, 0.1) is 0 Å². The average molecular weight is 355 g/mol. The molecule has 3 heteroatoms. The van der Waals surface area contributed by atoms with Crippen LogP contribution >= 0.6 is 10.5 Å². The smallest absolute Gasteiger partial charge is 0.240 e. The molecule has 0 radical (unpaired) electrons. The molecule has 1 nitrogen and oxygen atoms in total. The molecule has 0 spiro atoms. The van der Waals surface area contributed by atoms with Crippen LogP contribution in [0.5, 0.6) is 0 Å². The summed E-state index contributed by atoms with van der Waals surface area (Å²) >= 11 is 0. The summed E-state index contributed by atoms with van der Waals surface area (Å²) in [5.41, 5.74) is 1.21. The second kappa shape index (κ2) is 4.90. The fourth-order valence-electron chi connectivity index (χ4n) is 2.29. The molecule has 0 amide bonds. The zero-order valence-electron chi connectivity index (χ0n) is 9.90. The van der Waals surface area contributed by atoms with Gasteiger partial charge in [0.25, 0.3) is 0 Å². The quantitative estimate of drug-likeness (QED) is 0.476. The zero-order chi connectivity index (χ0) is 11.1. The Morgan fingerprint density at radius 3 is 2.65 bits per heavy atom. The third kappa shape index (κ3) is 1.95. The van der Waals surface area contributed by atoms with E-state index >= 15 is 0 Å². The number of hydrogen-bond donors (Lipinski definition) is 0. The fourth-order valence-corrected chi connectivity index (χ4v) is 4.16. The second-order valence-corrected chi connectivity index (χ2v) is 6.33. The number of aromatic nitrogens is 1. The first-order valence-corrected chi connectivity index (χ1v) is 6.98. The van der Waals surface area contributed by atoms with Gasteiger partial charge in [0.2, 0.25) is 9.71 Å². The molecule has 3 aromatic rings. The first-order valence-electron chi connectivity index (χ1n) is 5.59. The zero-order valence-corrected chi connectivity index (χ0v) is 12.9. The number of thiazole rings is 1. The summed E-state index contributed by atoms with van der Waals surface area (Å²) in [7, 11) is 0.240. The molecule has 1 aromatic heterocycles. The molecule has 88 valence electrons. The van der Waals surface area contributed by atoms with Crippen LogP contribution in [0, 0.1) is 6.92 Å². The summed E-state index contributed by atoms with van der Waals surface area (Å²) in [5.74, 6) is 1.17. The normalized spacial score (nSPS) is 11.8. The molecule has 1 unspecified atom stereocenters. The molecule has 17 heavy (non-hydrogen) atoms. The number of nitrogens with zero attached hydrogens (tertiary/aromatic N) is 1. The minimum absolute atomic E-state index is 0. The lowest BCUT2D eigenvalue weighted by atomic mass is 10.1. The topological polar surface area (TPSA) is 12.9 Å². The minimum atomic E-state index is 0. The van der Waals surface area contributed by atoms with E-state index in [0.717, 1.165) is 0 Å². The highest BCUT2D eigenvalue weighted by Gasteiger charge is 2.18. The predicted octanol–water partition coefficient (Wildman–Crippen LogP) is 1.47. The largest absolute Gasteiger partial charge is 1.00 e. The number of hydrogen-bond acceptors (Lipinski definition) is 1. The number of rotatable bonds is 1. The fraction of sp³-hybridized carbons (Fsp3) is 0.214. The van der Waals surface area contributed by atoms with Gasteiger partial charge in [-0.3, -0.25) is 0 Å². The molecule has 0 saturated heterocycles. The van der Waals surface area contributed by atoms with Gasteiger partial charge in [-0.15, -0.1) is 0 Å². The van der Waals surface area contributed by atoms with Crippen molar-refractivity contribution in [2.75, 3.05) is 0 Å². The van der Waals surface area contributed by atoms with Crippen LogP contribution < -0.4 is 24.0 Å². The van der Waals surface area contributed by atoms with Crippen LogP contribution in [0.25, 0.3) is 21.0 Å². The van der Waals surface area contributed by atoms with Crippen LogP contribution in [0.1, 0.15) is 11.9 Å². The number of halogens is 1. The van der Waals surface area contributed by atoms with Gasteiger partial charge >= 0.3 is 0 Å². The van der Waals surface area contributed by atoms with Crippen molar-refractivity contribution in [3.63, 3.8) is 0 Å². The van der Waals surface area contributed by atoms with Gasteiger partial charge < -0.3 is 24.0 Å². The van der Waals surface area contributed by atoms with E-state index in [1.54, 1.807) is 0 Å². The second-order valence-electron chi connectivity index (χ2n) is 3.94. The lowest BCUT2D eigenvalue weighted by molar-refractivity contribution is -0.00000324. The highest BCUT2D eigenvalue weighted by Crippen LogP contribution is 2.37. The number of aryl methyl sites for hydroxylation is 2. The van der Waals surface area contributed by atoms with E-state index in [1.807, 2.05) is 0 Å². The summed E-state index contributed by atoms with van der Waals surface area (Å²) < 4.78 is 1.43. The molecule has 2 aromatic carbocycles. The van der Waals surface area contributed by atoms with Crippen LogP contribution in [-0.2, 0) is 5.75 Å². The van der Waals surface area contributed by atoms with Crippen LogP contribution in [0.15, 0.2) is 36.4 Å². The molecule has 0 aliphatic carbocycles. The molecule has 1 atom stereocenters. The van der Waals surface area contributed by atoms with Crippen molar-refractivity contribution < 1.29 is 24.0 Å². The van der Waals surface area contributed by atoms with Gasteiger partial charge in [-0.1, -0.05) is 24.3 Å². The average Bonchev–Trinajstić information content (AvgIpc) is 2.65. The molecule has 0 fully saturated rings. The van der Waals surface area contributed by atoms with Gasteiger partial charge in [-0.2, -0.15) is 4.98 Å². The number of benzene rings is 2. The summed E-state index contributed by atoms with van der Waals surface area (Å²) in [6.07, 6.45) is 0. The van der Waals surface area contributed by atoms with E-state index in [4.69, 9.17) is 4.98 Å². The lowest BCUT2D eigenvalue weighted by Gasteiger charge is -1.95. The monoisotopic (exact) mass is 355 g/mol. The van der Waals surface area contributed by atoms with Gasteiger partial charge in [-0.05, 0) is 18.4 Å². The highest BCUT2D eigenvalue weighted by molar-refractivity contribution is 7.36. The van der Waals surface area contributed by atoms with E-state index < -0.39 is 0 Å². The van der Waals surface area contributed by atoms with Crippen LogP contribution in [0.4, 0.5) is 0 Å². The van der Waals surface area contributed by atoms with Crippen molar-refractivity contribution in [1.29, 1.82) is 0 Å². The summed E-state index contributed by atoms with van der Waals surface area (Å²) in [6.45, 7) is 4.40. The van der Waals surface area contributed by atoms with E-state index in [-0.39, 0.29) is 34.4 Å². The lowest BCUT2D eigenvalue weighted by Crippen LogP contribution is -3.00. The Morgan fingerprint density at radius 1 is 1.12 bits per heavy atom. The van der Waals surface area contributed by atoms with Gasteiger partial charge in [-0.25, -0.2) is 0 Å². The van der Waals surface area contributed by atoms with Crippen molar-refractivity contribution in [2.24, 2.45) is 0 Å². The maximum absolute atomic E-state index is 4.76. The first kappa shape index (κ1) is 12.8. The standard InChI is InChI=1S/C14H14NS.HI/c1-3-16-10(2)15-14-12-7-5-4-6-11(12)8-9-13(14)16;/h4-9H,3H2,1-2H3;1H/q+1;/p-1. The van der Waals surface area contributed by atoms with Crippen molar-refractivity contribution in [3.8, 4) is 0 Å². The maximum Gasteiger partial charge on any atom is 0.240 e. The molecule has 0 N–H and O–H groups in total. The van der Waals surface area contributed by atoms with Crippen LogP contribution in [-0.4, -0.2) is 4.98 Å². The third-order valence-electron chi connectivity index (χ3n) is 3.04. The molecule has 3 rings (SSSR count). The van der Waals surface area contributed by atoms with Crippen molar-refractivity contribution in [2.45, 2.75) is 19.6 Å². The van der Waals surface area contributed by atoms with E-state index in [0.29, 0.717) is 0 Å². The Kier molecular flexibility index (Phi) is 3.68. The minimum Gasteiger partial charge on any atom is -1.00 e. The van der Waals surface area contributed by atoms with Crippen LogP contribution in [0.2, 0.25) is 0 Å². The van der Waals surface area contributed by atoms with E-state index in [1.165, 1.54) is 31.7 Å². The Balaban J connectivity index is 0.00000108. The molecule has 1 heterocycles. The van der Waals surface area contributed by atoms with Crippen molar-refractivity contribution >= 4 is 31.5 Å². The van der Waals surface area contributed by atoms with E-state index in [9.17, 15) is 0 Å². The van der Waals surface area contributed by atoms with Gasteiger partial charge in [0, 0.05) is 28.8 Å².